The van der Waals surface area contributed by atoms with E-state index in [9.17, 15) is 15.2 Å². The number of amidine groups is 1. The molecule has 0 radical (unpaired) electrons. The predicted octanol–water partition coefficient (Wildman–Crippen LogP) is 1.01. The second kappa shape index (κ2) is 8.31. The number of rotatable bonds is 3. The van der Waals surface area contributed by atoms with E-state index >= 15 is 0 Å². The van der Waals surface area contributed by atoms with Gasteiger partial charge in [-0.2, -0.15) is 0 Å². The summed E-state index contributed by atoms with van der Waals surface area (Å²) >= 11 is 3.47. The fraction of sp³-hybridized carbons (Fsp3) is 0.350. The zero-order valence-electron chi connectivity index (χ0n) is 15.2. The zero-order chi connectivity index (χ0) is 19.0. The molecule has 0 aliphatic carbocycles. The minimum atomic E-state index is -1.28. The maximum atomic E-state index is 11.7. The van der Waals surface area contributed by atoms with Gasteiger partial charge in [-0.05, 0) is 43.5 Å². The minimum absolute atomic E-state index is 0. The van der Waals surface area contributed by atoms with Crippen molar-refractivity contribution >= 4 is 33.1 Å². The third-order valence-corrected chi connectivity index (χ3v) is 5.92. The van der Waals surface area contributed by atoms with Crippen molar-refractivity contribution in [2.75, 3.05) is 18.0 Å². The Labute approximate surface area is 182 Å². The second-order valence-electron chi connectivity index (χ2n) is 7.07. The van der Waals surface area contributed by atoms with Gasteiger partial charge in [0.05, 0.1) is 11.5 Å². The van der Waals surface area contributed by atoms with Crippen molar-refractivity contribution in [2.24, 2.45) is 0 Å². The van der Waals surface area contributed by atoms with Crippen LogP contribution in [0, 0.1) is 10.1 Å². The molecule has 2 heterocycles. The minimum Gasteiger partial charge on any atom is -1.00 e. The van der Waals surface area contributed by atoms with Crippen molar-refractivity contribution in [3.05, 3.63) is 68.7 Å². The average molecular weight is 511 g/mol. The van der Waals surface area contributed by atoms with Crippen molar-refractivity contribution in [1.29, 1.82) is 0 Å². The molecule has 0 fully saturated rings. The Morgan fingerprint density at radius 3 is 2.61 bits per heavy atom. The van der Waals surface area contributed by atoms with Crippen LogP contribution in [0.5, 0.6) is 0 Å². The molecule has 4 rings (SSSR count). The number of nitro benzene ring substituents is 1. The van der Waals surface area contributed by atoms with Crippen LogP contribution in [0.25, 0.3) is 0 Å². The first kappa shape index (κ1) is 21.0. The van der Waals surface area contributed by atoms with Gasteiger partial charge in [0, 0.05) is 28.6 Å². The number of aliphatic hydroxyl groups is 1. The van der Waals surface area contributed by atoms with Crippen molar-refractivity contribution in [1.82, 2.24) is 0 Å². The lowest BCUT2D eigenvalue weighted by Crippen LogP contribution is -3.00. The van der Waals surface area contributed by atoms with Crippen LogP contribution < -0.4 is 21.9 Å². The average Bonchev–Trinajstić information content (AvgIpc) is 2.83. The number of nitro groups is 1. The number of hydrogen-bond donors (Lipinski definition) is 1. The molecule has 0 spiro atoms. The first-order valence-corrected chi connectivity index (χ1v) is 9.92. The molecule has 1 unspecified atom stereocenters. The molecule has 2 aromatic carbocycles. The highest BCUT2D eigenvalue weighted by molar-refractivity contribution is 9.10. The monoisotopic (exact) mass is 509 g/mol. The summed E-state index contributed by atoms with van der Waals surface area (Å²) in [5.74, 6) is 1.09. The van der Waals surface area contributed by atoms with Crippen LogP contribution >= 0.6 is 15.9 Å². The highest BCUT2D eigenvalue weighted by Crippen LogP contribution is 2.36. The van der Waals surface area contributed by atoms with Gasteiger partial charge in [-0.1, -0.05) is 28.1 Å². The van der Waals surface area contributed by atoms with E-state index in [1.165, 1.54) is 12.1 Å². The van der Waals surface area contributed by atoms with Crippen LogP contribution in [-0.4, -0.2) is 33.5 Å². The molecule has 0 aromatic heterocycles. The molecule has 0 saturated heterocycles. The summed E-state index contributed by atoms with van der Waals surface area (Å²) in [5.41, 5.74) is 0.301. The Morgan fingerprint density at radius 2 is 1.89 bits per heavy atom. The van der Waals surface area contributed by atoms with E-state index in [-0.39, 0.29) is 22.7 Å². The Morgan fingerprint density at radius 1 is 1.14 bits per heavy atom. The van der Waals surface area contributed by atoms with E-state index in [0.717, 1.165) is 48.2 Å². The van der Waals surface area contributed by atoms with Crippen LogP contribution in [0.3, 0.4) is 0 Å². The van der Waals surface area contributed by atoms with Gasteiger partial charge in [0.1, 0.15) is 5.69 Å². The van der Waals surface area contributed by atoms with Gasteiger partial charge in [-0.25, -0.2) is 9.48 Å². The molecule has 0 bridgehead atoms. The van der Waals surface area contributed by atoms with Crippen LogP contribution in [-0.2, 0) is 5.72 Å². The maximum Gasteiger partial charge on any atom is 0.271 e. The maximum absolute atomic E-state index is 11.7. The second-order valence-corrected chi connectivity index (χ2v) is 7.98. The van der Waals surface area contributed by atoms with Gasteiger partial charge in [0.25, 0.3) is 17.2 Å². The van der Waals surface area contributed by atoms with Gasteiger partial charge in [-0.15, -0.1) is 0 Å². The number of hydrogen-bond acceptors (Lipinski definition) is 4. The lowest BCUT2D eigenvalue weighted by molar-refractivity contribution is -0.658. The van der Waals surface area contributed by atoms with Crippen LogP contribution in [0.1, 0.15) is 31.2 Å². The normalized spacial score (nSPS) is 21.7. The molecule has 0 amide bonds. The Bertz CT molecular complexity index is 917. The highest BCUT2D eigenvalue weighted by Gasteiger charge is 2.52. The lowest BCUT2D eigenvalue weighted by Gasteiger charge is -2.23. The molecule has 2 aromatic rings. The predicted molar refractivity (Wildman–Crippen MR) is 107 cm³/mol. The van der Waals surface area contributed by atoms with Crippen LogP contribution in [0.15, 0.2) is 53.0 Å². The summed E-state index contributed by atoms with van der Waals surface area (Å²) in [5, 5.41) is 22.9. The molecule has 2 aliphatic heterocycles. The standard InChI is InChI=1S/C20H21BrN3O3.BrH/c21-16-8-10-17(11-9-16)22-14-20(25,23-12-3-1-2-7-19(22)23)15-5-4-6-18(13-15)24(26)27;/h4-6,8-11,13,25H,1-3,7,12,14H2;1H/q+1;/p-1. The third kappa shape index (κ3) is 3.73. The topological polar surface area (TPSA) is 69.6 Å². The van der Waals surface area contributed by atoms with Crippen molar-refractivity contribution in [3.63, 3.8) is 0 Å². The zero-order valence-corrected chi connectivity index (χ0v) is 18.4. The quantitative estimate of drug-likeness (QED) is 0.380. The molecule has 1 atom stereocenters. The van der Waals surface area contributed by atoms with E-state index < -0.39 is 10.6 Å². The van der Waals surface area contributed by atoms with Gasteiger partial charge in [0.2, 0.25) is 0 Å². The van der Waals surface area contributed by atoms with Gasteiger partial charge < -0.3 is 22.1 Å². The fourth-order valence-electron chi connectivity index (χ4n) is 4.05. The van der Waals surface area contributed by atoms with E-state index in [1.807, 2.05) is 28.8 Å². The molecule has 2 aliphatic rings. The van der Waals surface area contributed by atoms with Crippen molar-refractivity contribution in [3.8, 4) is 0 Å². The molecular weight excluding hydrogens is 490 g/mol. The first-order valence-electron chi connectivity index (χ1n) is 9.13. The molecular formula is C20H21Br2N3O3. The fourth-order valence-corrected chi connectivity index (χ4v) is 4.31. The van der Waals surface area contributed by atoms with E-state index in [4.69, 9.17) is 0 Å². The smallest absolute Gasteiger partial charge is 0.271 e. The molecule has 0 saturated carbocycles. The van der Waals surface area contributed by atoms with E-state index in [0.29, 0.717) is 12.1 Å². The van der Waals surface area contributed by atoms with Crippen molar-refractivity contribution in [2.45, 2.75) is 31.4 Å². The number of nitrogens with zero attached hydrogens (tertiary/aromatic N) is 3. The molecule has 1 N–H and O–H groups in total. The Balaban J connectivity index is 0.00000225. The summed E-state index contributed by atoms with van der Waals surface area (Å²) in [4.78, 5) is 13.0. The summed E-state index contributed by atoms with van der Waals surface area (Å²) in [6, 6.07) is 14.4. The van der Waals surface area contributed by atoms with Crippen molar-refractivity contribution < 1.29 is 31.6 Å². The number of β-amino-alcohol motifs (C(OH)–C–C–N with tert-alkyl or cyclic N) is 1. The van der Waals surface area contributed by atoms with Crippen LogP contribution in [0.4, 0.5) is 11.4 Å². The van der Waals surface area contributed by atoms with Gasteiger partial charge >= 0.3 is 0 Å². The van der Waals surface area contributed by atoms with E-state index in [2.05, 4.69) is 20.8 Å². The van der Waals surface area contributed by atoms with E-state index in [1.54, 1.807) is 12.1 Å². The molecule has 8 heteroatoms. The number of halogens is 2. The highest BCUT2D eigenvalue weighted by atomic mass is 79.9. The third-order valence-electron chi connectivity index (χ3n) is 5.39. The first-order chi connectivity index (χ1) is 13.0. The largest absolute Gasteiger partial charge is 1.00 e. The Hall–Kier alpha value is -1.77. The summed E-state index contributed by atoms with van der Waals surface area (Å²) < 4.78 is 3.04. The van der Waals surface area contributed by atoms with Gasteiger partial charge in [-0.3, -0.25) is 10.1 Å². The lowest BCUT2D eigenvalue weighted by atomic mass is 10.0. The van der Waals surface area contributed by atoms with Gasteiger partial charge in [0.15, 0.2) is 6.54 Å². The SMILES string of the molecule is O=[N+]([O-])c1cccc(C2(O)CN(c3ccc(Br)cc3)C3=[N+]2CCCCC3)c1.[Br-]. The van der Waals surface area contributed by atoms with Crippen LogP contribution in [0.2, 0.25) is 0 Å². The summed E-state index contributed by atoms with van der Waals surface area (Å²) in [6.45, 7) is 1.09. The summed E-state index contributed by atoms with van der Waals surface area (Å²) in [6.07, 6.45) is 4.06. The number of anilines is 1. The molecule has 28 heavy (non-hydrogen) atoms. The number of benzene rings is 2. The number of non-ortho nitro benzene ring substituents is 1. The molecule has 148 valence electrons. The Kier molecular flexibility index (Phi) is 6.21. The summed E-state index contributed by atoms with van der Waals surface area (Å²) in [7, 11) is 0. The molecule has 6 nitrogen and oxygen atoms in total.